The number of pyridine rings is 1. The molecule has 2 aromatic heterocycles. The monoisotopic (exact) mass is 356 g/mol. The minimum Gasteiger partial charge on any atom is -0.331 e. The molecule has 0 aliphatic heterocycles. The van der Waals surface area contributed by atoms with E-state index >= 15 is 0 Å². The van der Waals surface area contributed by atoms with Gasteiger partial charge in [-0.25, -0.2) is 4.98 Å². The minimum absolute atomic E-state index is 0.178. The van der Waals surface area contributed by atoms with Crippen molar-refractivity contribution in [3.63, 3.8) is 0 Å². The van der Waals surface area contributed by atoms with Gasteiger partial charge < -0.3 is 9.88 Å². The van der Waals surface area contributed by atoms with E-state index in [2.05, 4.69) is 39.1 Å². The van der Waals surface area contributed by atoms with Crippen molar-refractivity contribution in [3.8, 4) is 0 Å². The smallest absolute Gasteiger partial charge is 0.257 e. The molecule has 4 rings (SSSR count). The Balaban J connectivity index is 1.53. The predicted octanol–water partition coefficient (Wildman–Crippen LogP) is 4.01. The zero-order valence-corrected chi connectivity index (χ0v) is 15.1. The molecule has 0 saturated heterocycles. The molecule has 5 heteroatoms. The molecule has 134 valence electrons. The third-order valence-corrected chi connectivity index (χ3v) is 4.64. The number of amides is 1. The number of imidazole rings is 1. The molecule has 0 bridgehead atoms. The zero-order valence-electron chi connectivity index (χ0n) is 15.1. The highest BCUT2D eigenvalue weighted by Gasteiger charge is 2.11. The lowest BCUT2D eigenvalue weighted by Gasteiger charge is -2.05. The first-order valence-corrected chi connectivity index (χ1v) is 8.91. The zero-order chi connectivity index (χ0) is 18.6. The van der Waals surface area contributed by atoms with Gasteiger partial charge in [0.2, 0.25) is 0 Å². The van der Waals surface area contributed by atoms with Gasteiger partial charge in [-0.05, 0) is 42.3 Å². The number of fused-ring (bicyclic) bond motifs is 1. The summed E-state index contributed by atoms with van der Waals surface area (Å²) in [6.45, 7) is 0. The molecule has 0 spiro atoms. The van der Waals surface area contributed by atoms with Crippen LogP contribution in [0.2, 0.25) is 0 Å². The number of nitrogens with zero attached hydrogens (tertiary/aromatic N) is 3. The van der Waals surface area contributed by atoms with Gasteiger partial charge in [0.05, 0.1) is 16.6 Å². The molecule has 0 atom stereocenters. The number of benzene rings is 2. The van der Waals surface area contributed by atoms with Crippen LogP contribution in [0.15, 0.2) is 73.1 Å². The summed E-state index contributed by atoms with van der Waals surface area (Å²) in [7, 11) is 2.03. The normalized spacial score (nSPS) is 10.9. The van der Waals surface area contributed by atoms with Gasteiger partial charge in [0.1, 0.15) is 5.82 Å². The number of aromatic nitrogens is 3. The molecule has 4 aromatic rings. The Kier molecular flexibility index (Phi) is 4.66. The van der Waals surface area contributed by atoms with Crippen molar-refractivity contribution < 1.29 is 4.79 Å². The molecule has 2 aromatic carbocycles. The molecule has 0 radical (unpaired) electrons. The van der Waals surface area contributed by atoms with Gasteiger partial charge in [0.15, 0.2) is 0 Å². The highest BCUT2D eigenvalue weighted by molar-refractivity contribution is 6.04. The summed E-state index contributed by atoms with van der Waals surface area (Å²) >= 11 is 0. The van der Waals surface area contributed by atoms with Crippen molar-refractivity contribution in [2.75, 3.05) is 5.32 Å². The Bertz CT molecular complexity index is 1070. The number of hydrogen-bond donors (Lipinski definition) is 1. The average molecular weight is 356 g/mol. The van der Waals surface area contributed by atoms with Crippen molar-refractivity contribution in [1.82, 2.24) is 14.5 Å². The van der Waals surface area contributed by atoms with Gasteiger partial charge in [0, 0.05) is 31.5 Å². The summed E-state index contributed by atoms with van der Waals surface area (Å²) in [5, 5.41) is 2.91. The lowest BCUT2D eigenvalue weighted by atomic mass is 10.1. The van der Waals surface area contributed by atoms with Crippen molar-refractivity contribution in [3.05, 3.63) is 90.0 Å². The van der Waals surface area contributed by atoms with Gasteiger partial charge in [-0.1, -0.05) is 30.3 Å². The number of carbonyl (C=O) groups excluding carboxylic acids is 1. The van der Waals surface area contributed by atoms with E-state index in [9.17, 15) is 4.79 Å². The molecule has 0 aliphatic carbocycles. The largest absolute Gasteiger partial charge is 0.331 e. The molecular weight excluding hydrogens is 336 g/mol. The third kappa shape index (κ3) is 3.72. The van der Waals surface area contributed by atoms with Crippen molar-refractivity contribution in [1.29, 1.82) is 0 Å². The van der Waals surface area contributed by atoms with E-state index in [1.54, 1.807) is 24.5 Å². The van der Waals surface area contributed by atoms with E-state index in [1.165, 1.54) is 5.56 Å². The van der Waals surface area contributed by atoms with E-state index in [-0.39, 0.29) is 5.91 Å². The third-order valence-electron chi connectivity index (χ3n) is 4.64. The van der Waals surface area contributed by atoms with Crippen LogP contribution in [0.1, 0.15) is 21.7 Å². The van der Waals surface area contributed by atoms with Crippen LogP contribution in [-0.4, -0.2) is 20.4 Å². The van der Waals surface area contributed by atoms with E-state index in [1.807, 2.05) is 31.3 Å². The fourth-order valence-electron chi connectivity index (χ4n) is 3.15. The molecule has 0 aliphatic rings. The summed E-state index contributed by atoms with van der Waals surface area (Å²) < 4.78 is 2.12. The van der Waals surface area contributed by atoms with Crippen molar-refractivity contribution in [2.45, 2.75) is 12.8 Å². The van der Waals surface area contributed by atoms with Gasteiger partial charge in [0.25, 0.3) is 5.91 Å². The molecule has 2 heterocycles. The summed E-state index contributed by atoms with van der Waals surface area (Å²) in [5.41, 5.74) is 4.49. The number of rotatable bonds is 5. The van der Waals surface area contributed by atoms with E-state index in [0.29, 0.717) is 5.56 Å². The van der Waals surface area contributed by atoms with Gasteiger partial charge in [-0.15, -0.1) is 0 Å². The Labute approximate surface area is 157 Å². The summed E-state index contributed by atoms with van der Waals surface area (Å²) in [4.78, 5) is 21.1. The molecule has 27 heavy (non-hydrogen) atoms. The lowest BCUT2D eigenvalue weighted by molar-refractivity contribution is 0.102. The van der Waals surface area contributed by atoms with Crippen LogP contribution < -0.4 is 5.32 Å². The molecule has 5 nitrogen and oxygen atoms in total. The lowest BCUT2D eigenvalue weighted by Crippen LogP contribution is -2.11. The van der Waals surface area contributed by atoms with E-state index in [4.69, 9.17) is 4.98 Å². The summed E-state index contributed by atoms with van der Waals surface area (Å²) in [6.07, 6.45) is 5.01. The number of anilines is 1. The van der Waals surface area contributed by atoms with E-state index in [0.717, 1.165) is 35.4 Å². The molecule has 1 amide bonds. The van der Waals surface area contributed by atoms with Crippen LogP contribution in [0.5, 0.6) is 0 Å². The molecule has 0 unspecified atom stereocenters. The van der Waals surface area contributed by atoms with E-state index < -0.39 is 0 Å². The van der Waals surface area contributed by atoms with Gasteiger partial charge in [-0.2, -0.15) is 0 Å². The van der Waals surface area contributed by atoms with Crippen LogP contribution in [-0.2, 0) is 19.9 Å². The SMILES string of the molecule is Cn1c(CCc2ccccc2)nc2cc(NC(=O)c3cccnc3)ccc21. The first-order chi connectivity index (χ1) is 13.2. The quantitative estimate of drug-likeness (QED) is 0.588. The molecule has 0 saturated carbocycles. The number of hydrogen-bond acceptors (Lipinski definition) is 3. The Hall–Kier alpha value is -3.47. The highest BCUT2D eigenvalue weighted by atomic mass is 16.1. The van der Waals surface area contributed by atoms with Gasteiger partial charge in [-0.3, -0.25) is 9.78 Å². The minimum atomic E-state index is -0.178. The maximum atomic E-state index is 12.3. The van der Waals surface area contributed by atoms with Crippen molar-refractivity contribution >= 4 is 22.6 Å². The first-order valence-electron chi connectivity index (χ1n) is 8.91. The summed E-state index contributed by atoms with van der Waals surface area (Å²) in [6, 6.07) is 19.7. The predicted molar refractivity (Wildman–Crippen MR) is 107 cm³/mol. The fourth-order valence-corrected chi connectivity index (χ4v) is 3.15. The maximum absolute atomic E-state index is 12.3. The van der Waals surface area contributed by atoms with Crippen LogP contribution in [0.4, 0.5) is 5.69 Å². The average Bonchev–Trinajstić information content (AvgIpc) is 3.03. The molecular formula is C22H20N4O. The molecule has 0 fully saturated rings. The number of nitrogens with one attached hydrogen (secondary N) is 1. The topological polar surface area (TPSA) is 59.8 Å². The highest BCUT2D eigenvalue weighted by Crippen LogP contribution is 2.21. The second-order valence-corrected chi connectivity index (χ2v) is 6.47. The molecule has 1 N–H and O–H groups in total. The maximum Gasteiger partial charge on any atom is 0.257 e. The Morgan fingerprint density at radius 1 is 1.04 bits per heavy atom. The number of aryl methyl sites for hydroxylation is 3. The number of carbonyl (C=O) groups is 1. The second kappa shape index (κ2) is 7.41. The van der Waals surface area contributed by atoms with Gasteiger partial charge >= 0.3 is 0 Å². The van der Waals surface area contributed by atoms with Crippen LogP contribution in [0, 0.1) is 0 Å². The standard InChI is InChI=1S/C22H20N4O/c1-26-20-11-10-18(24-22(27)17-8-5-13-23-15-17)14-19(20)25-21(26)12-9-16-6-3-2-4-7-16/h2-8,10-11,13-15H,9,12H2,1H3,(H,24,27). The van der Waals surface area contributed by atoms with Crippen LogP contribution in [0.3, 0.4) is 0 Å². The second-order valence-electron chi connectivity index (χ2n) is 6.47. The van der Waals surface area contributed by atoms with Crippen LogP contribution in [0.25, 0.3) is 11.0 Å². The first kappa shape index (κ1) is 17.0. The van der Waals surface area contributed by atoms with Crippen LogP contribution >= 0.6 is 0 Å². The summed E-state index contributed by atoms with van der Waals surface area (Å²) in [5.74, 6) is 0.854. The Morgan fingerprint density at radius 2 is 1.89 bits per heavy atom. The fraction of sp³-hybridized carbons (Fsp3) is 0.136. The Morgan fingerprint density at radius 3 is 2.67 bits per heavy atom. The van der Waals surface area contributed by atoms with Crippen molar-refractivity contribution in [2.24, 2.45) is 7.05 Å².